The maximum absolute atomic E-state index is 12.5. The number of esters is 1. The fourth-order valence-corrected chi connectivity index (χ4v) is 1.42. The lowest BCUT2D eigenvalue weighted by Crippen LogP contribution is -2.14. The van der Waals surface area contributed by atoms with Crippen LogP contribution in [0.1, 0.15) is 15.9 Å². The number of aromatic hydroxyl groups is 1. The molecule has 0 heterocycles. The van der Waals surface area contributed by atoms with E-state index in [1.807, 2.05) is 0 Å². The molecule has 0 aromatic heterocycles. The Hall–Kier alpha value is -1.24. The fraction of sp³-hybridized carbons (Fsp3) is 0.222. The van der Waals surface area contributed by atoms with Gasteiger partial charge in [-0.3, -0.25) is 0 Å². The van der Waals surface area contributed by atoms with Crippen LogP contribution in [0.3, 0.4) is 0 Å². The molecule has 0 radical (unpaired) electrons. The Morgan fingerprint density at radius 2 is 2.00 bits per heavy atom. The number of hydrogen-bond acceptors (Lipinski definition) is 3. The molecule has 0 bridgehead atoms. The summed E-state index contributed by atoms with van der Waals surface area (Å²) in [5.41, 5.74) is -1.89. The minimum absolute atomic E-state index is 0.0131. The van der Waals surface area contributed by atoms with E-state index in [-0.39, 0.29) is 4.47 Å². The molecule has 16 heavy (non-hydrogen) atoms. The van der Waals surface area contributed by atoms with Crippen molar-refractivity contribution in [1.82, 2.24) is 0 Å². The van der Waals surface area contributed by atoms with Gasteiger partial charge in [-0.05, 0) is 28.1 Å². The molecule has 3 nitrogen and oxygen atoms in total. The van der Waals surface area contributed by atoms with E-state index in [9.17, 15) is 18.0 Å². The van der Waals surface area contributed by atoms with Crippen LogP contribution in [0, 0.1) is 0 Å². The molecule has 88 valence electrons. The second kappa shape index (κ2) is 4.32. The molecule has 0 spiro atoms. The van der Waals surface area contributed by atoms with Gasteiger partial charge in [0.15, 0.2) is 0 Å². The summed E-state index contributed by atoms with van der Waals surface area (Å²) in [5.74, 6) is -1.71. The van der Waals surface area contributed by atoms with Crippen LogP contribution >= 0.6 is 15.9 Å². The van der Waals surface area contributed by atoms with E-state index >= 15 is 0 Å². The van der Waals surface area contributed by atoms with Crippen LogP contribution in [0.15, 0.2) is 16.6 Å². The average molecular weight is 299 g/mol. The second-order valence-electron chi connectivity index (χ2n) is 2.84. The van der Waals surface area contributed by atoms with E-state index in [0.717, 1.165) is 13.2 Å². The Morgan fingerprint density at radius 1 is 1.44 bits per heavy atom. The van der Waals surface area contributed by atoms with Crippen LogP contribution in [-0.4, -0.2) is 18.2 Å². The molecule has 0 atom stereocenters. The van der Waals surface area contributed by atoms with Crippen molar-refractivity contribution in [2.45, 2.75) is 6.18 Å². The number of benzene rings is 1. The highest BCUT2D eigenvalue weighted by molar-refractivity contribution is 9.10. The number of carbonyl (C=O) groups excluding carboxylic acids is 1. The monoisotopic (exact) mass is 298 g/mol. The van der Waals surface area contributed by atoms with Crippen LogP contribution in [-0.2, 0) is 10.9 Å². The van der Waals surface area contributed by atoms with Gasteiger partial charge in [-0.25, -0.2) is 4.79 Å². The summed E-state index contributed by atoms with van der Waals surface area (Å²) < 4.78 is 41.8. The first-order valence-electron chi connectivity index (χ1n) is 3.95. The maximum Gasteiger partial charge on any atom is 0.417 e. The number of rotatable bonds is 1. The summed E-state index contributed by atoms with van der Waals surface area (Å²) in [4.78, 5) is 11.1. The number of halogens is 4. The Labute approximate surface area is 97.0 Å². The summed E-state index contributed by atoms with van der Waals surface area (Å²) >= 11 is 2.82. The number of carbonyl (C=O) groups is 1. The third-order valence-corrected chi connectivity index (χ3v) is 2.43. The van der Waals surface area contributed by atoms with Gasteiger partial charge in [0.25, 0.3) is 0 Å². The molecule has 0 unspecified atom stereocenters. The maximum atomic E-state index is 12.5. The molecule has 7 heteroatoms. The van der Waals surface area contributed by atoms with Gasteiger partial charge in [0, 0.05) is 0 Å². The molecule has 1 aromatic carbocycles. The number of phenols is 1. The van der Waals surface area contributed by atoms with E-state index in [2.05, 4.69) is 20.7 Å². The van der Waals surface area contributed by atoms with E-state index < -0.39 is 29.0 Å². The van der Waals surface area contributed by atoms with E-state index in [4.69, 9.17) is 5.11 Å². The predicted molar refractivity (Wildman–Crippen MR) is 52.1 cm³/mol. The quantitative estimate of drug-likeness (QED) is 0.811. The molecular weight excluding hydrogens is 293 g/mol. The van der Waals surface area contributed by atoms with E-state index in [0.29, 0.717) is 6.07 Å². The highest BCUT2D eigenvalue weighted by atomic mass is 79.9. The topological polar surface area (TPSA) is 46.5 Å². The first-order chi connectivity index (χ1) is 7.27. The first-order valence-corrected chi connectivity index (χ1v) is 4.74. The smallest absolute Gasteiger partial charge is 0.417 e. The van der Waals surface area contributed by atoms with Crippen molar-refractivity contribution in [3.63, 3.8) is 0 Å². The minimum atomic E-state index is -4.73. The van der Waals surface area contributed by atoms with E-state index in [1.165, 1.54) is 0 Å². The minimum Gasteiger partial charge on any atom is -0.507 e. The molecule has 1 N–H and O–H groups in total. The number of ether oxygens (including phenoxy) is 1. The number of methoxy groups -OCH3 is 1. The Bertz CT molecular complexity index is 429. The number of alkyl halides is 3. The summed E-state index contributed by atoms with van der Waals surface area (Å²) in [5, 5.41) is 9.14. The molecule has 1 aromatic rings. The average Bonchev–Trinajstić information content (AvgIpc) is 2.18. The molecule has 0 aliphatic heterocycles. The van der Waals surface area contributed by atoms with Crippen molar-refractivity contribution in [3.05, 3.63) is 27.7 Å². The Kier molecular flexibility index (Phi) is 3.47. The second-order valence-corrected chi connectivity index (χ2v) is 3.69. The van der Waals surface area contributed by atoms with Gasteiger partial charge in [-0.2, -0.15) is 13.2 Å². The zero-order valence-corrected chi connectivity index (χ0v) is 9.52. The molecule has 0 aliphatic carbocycles. The van der Waals surface area contributed by atoms with Crippen LogP contribution in [0.5, 0.6) is 5.75 Å². The van der Waals surface area contributed by atoms with Crippen molar-refractivity contribution < 1.29 is 27.8 Å². The van der Waals surface area contributed by atoms with Gasteiger partial charge < -0.3 is 9.84 Å². The Balaban J connectivity index is 3.45. The van der Waals surface area contributed by atoms with Gasteiger partial charge in [0.05, 0.1) is 22.7 Å². The Morgan fingerprint density at radius 3 is 2.44 bits per heavy atom. The molecule has 0 fully saturated rings. The molecule has 1 rings (SSSR count). The van der Waals surface area contributed by atoms with Crippen molar-refractivity contribution in [2.24, 2.45) is 0 Å². The summed E-state index contributed by atoms with van der Waals surface area (Å²) in [6, 6.07) is 1.33. The van der Waals surface area contributed by atoms with Crippen LogP contribution < -0.4 is 0 Å². The van der Waals surface area contributed by atoms with Gasteiger partial charge >= 0.3 is 12.1 Å². The van der Waals surface area contributed by atoms with Gasteiger partial charge in [0.1, 0.15) is 5.75 Å². The van der Waals surface area contributed by atoms with Gasteiger partial charge in [-0.1, -0.05) is 0 Å². The predicted octanol–water partition coefficient (Wildman–Crippen LogP) is 2.96. The lowest BCUT2D eigenvalue weighted by atomic mass is 10.1. The zero-order valence-electron chi connectivity index (χ0n) is 7.93. The first kappa shape index (κ1) is 12.8. The van der Waals surface area contributed by atoms with Crippen molar-refractivity contribution >= 4 is 21.9 Å². The lowest BCUT2D eigenvalue weighted by molar-refractivity contribution is -0.138. The molecule has 0 amide bonds. The summed E-state index contributed by atoms with van der Waals surface area (Å²) in [7, 11) is 0.975. The molecule has 0 saturated carbocycles. The largest absolute Gasteiger partial charge is 0.507 e. The third-order valence-electron chi connectivity index (χ3n) is 1.80. The summed E-state index contributed by atoms with van der Waals surface area (Å²) in [6.45, 7) is 0. The highest BCUT2D eigenvalue weighted by Gasteiger charge is 2.36. The molecule has 0 aliphatic rings. The fourth-order valence-electron chi connectivity index (χ4n) is 1.08. The SMILES string of the molecule is COC(=O)c1cc(Br)c(O)cc1C(F)(F)F. The van der Waals surface area contributed by atoms with Crippen molar-refractivity contribution in [2.75, 3.05) is 7.11 Å². The summed E-state index contributed by atoms with van der Waals surface area (Å²) in [6.07, 6.45) is -4.73. The molecular formula is C9H6BrF3O3. The van der Waals surface area contributed by atoms with Gasteiger partial charge in [0.2, 0.25) is 0 Å². The highest BCUT2D eigenvalue weighted by Crippen LogP contribution is 2.37. The van der Waals surface area contributed by atoms with Crippen molar-refractivity contribution in [3.8, 4) is 5.75 Å². The zero-order chi connectivity index (χ0) is 12.5. The molecule has 0 saturated heterocycles. The standard InChI is InChI=1S/C9H6BrF3O3/c1-16-8(15)4-2-6(10)7(14)3-5(4)9(11,12)13/h2-3,14H,1H3. The normalized spacial score (nSPS) is 11.3. The van der Waals surface area contributed by atoms with Crippen LogP contribution in [0.25, 0.3) is 0 Å². The third kappa shape index (κ3) is 2.46. The number of hydrogen-bond donors (Lipinski definition) is 1. The van der Waals surface area contributed by atoms with Gasteiger partial charge in [-0.15, -0.1) is 0 Å². The van der Waals surface area contributed by atoms with Crippen molar-refractivity contribution in [1.29, 1.82) is 0 Å². The van der Waals surface area contributed by atoms with Crippen LogP contribution in [0.4, 0.5) is 13.2 Å². The van der Waals surface area contributed by atoms with E-state index in [1.54, 1.807) is 0 Å². The van der Waals surface area contributed by atoms with Crippen LogP contribution in [0.2, 0.25) is 0 Å². The lowest BCUT2D eigenvalue weighted by Gasteiger charge is -2.12. The number of phenolic OH excluding ortho intramolecular Hbond substituents is 1.